The number of nitro groups is 1. The van der Waals surface area contributed by atoms with Gasteiger partial charge in [-0.15, -0.1) is 0 Å². The molecule has 3 nitrogen and oxygen atoms in total. The molecule has 21 heavy (non-hydrogen) atoms. The highest BCUT2D eigenvalue weighted by molar-refractivity contribution is 7.99. The zero-order chi connectivity index (χ0) is 15.5. The summed E-state index contributed by atoms with van der Waals surface area (Å²) in [5.74, 6) is 0. The molecule has 0 fully saturated rings. The largest absolute Gasteiger partial charge is 0.416 e. The van der Waals surface area contributed by atoms with Gasteiger partial charge in [0.15, 0.2) is 0 Å². The van der Waals surface area contributed by atoms with Gasteiger partial charge in [-0.1, -0.05) is 36.4 Å². The van der Waals surface area contributed by atoms with Crippen molar-refractivity contribution in [2.45, 2.75) is 16.4 Å². The summed E-state index contributed by atoms with van der Waals surface area (Å²) in [6.45, 7) is 0. The Morgan fingerprint density at radius 2 is 1.71 bits per heavy atom. The maximum atomic E-state index is 12.6. The Labute approximate surface area is 122 Å². The fourth-order valence-electron chi connectivity index (χ4n) is 1.73. The van der Waals surface area contributed by atoms with E-state index in [2.05, 4.69) is 0 Å². The first-order valence-electron chi connectivity index (χ1n) is 5.90. The Bertz CT molecular complexity index is 632. The summed E-state index contributed by atoms with van der Waals surface area (Å²) in [5, 5.41) is 10.0. The molecule has 0 aliphatic rings. The van der Waals surface area contributed by atoms with Crippen molar-refractivity contribution in [3.63, 3.8) is 0 Å². The summed E-state index contributed by atoms with van der Waals surface area (Å²) in [4.78, 5) is 10.8. The third-order valence-corrected chi connectivity index (χ3v) is 3.88. The molecule has 0 N–H and O–H groups in total. The van der Waals surface area contributed by atoms with Gasteiger partial charge in [-0.25, -0.2) is 0 Å². The van der Waals surface area contributed by atoms with Crippen molar-refractivity contribution < 1.29 is 18.1 Å². The van der Waals surface area contributed by atoms with Crippen LogP contribution in [0.25, 0.3) is 0 Å². The number of benzene rings is 2. The lowest BCUT2D eigenvalue weighted by molar-refractivity contribution is -0.500. The first kappa shape index (κ1) is 15.4. The van der Waals surface area contributed by atoms with Crippen LogP contribution in [-0.4, -0.2) is 4.92 Å². The second kappa shape index (κ2) is 6.17. The first-order valence-corrected chi connectivity index (χ1v) is 6.78. The topological polar surface area (TPSA) is 43.1 Å². The Kier molecular flexibility index (Phi) is 4.52. The number of rotatable bonds is 4. The van der Waals surface area contributed by atoms with E-state index in [0.717, 1.165) is 23.9 Å². The Morgan fingerprint density at radius 1 is 1.05 bits per heavy atom. The van der Waals surface area contributed by atoms with Gasteiger partial charge < -0.3 is 0 Å². The number of alkyl halides is 3. The van der Waals surface area contributed by atoms with Crippen LogP contribution in [0.15, 0.2) is 59.5 Å². The van der Waals surface area contributed by atoms with Crippen molar-refractivity contribution in [3.05, 3.63) is 75.8 Å². The predicted molar refractivity (Wildman–Crippen MR) is 73.5 cm³/mol. The lowest BCUT2D eigenvalue weighted by atomic mass is 10.2. The molecule has 0 saturated carbocycles. The van der Waals surface area contributed by atoms with E-state index in [0.29, 0.717) is 5.56 Å². The van der Waals surface area contributed by atoms with Crippen molar-refractivity contribution in [2.75, 3.05) is 0 Å². The summed E-state index contributed by atoms with van der Waals surface area (Å²) in [6, 6.07) is 12.7. The fourth-order valence-corrected chi connectivity index (χ4v) is 2.71. The van der Waals surface area contributed by atoms with Gasteiger partial charge in [-0.05, 0) is 30.0 Å². The van der Waals surface area contributed by atoms with Gasteiger partial charge in [0.05, 0.1) is 5.56 Å². The van der Waals surface area contributed by atoms with Crippen LogP contribution in [0.5, 0.6) is 0 Å². The van der Waals surface area contributed by atoms with Crippen molar-refractivity contribution in [1.29, 1.82) is 0 Å². The monoisotopic (exact) mass is 313 g/mol. The van der Waals surface area contributed by atoms with Crippen LogP contribution in [-0.2, 0) is 6.18 Å². The molecular formula is C14H10F3NO2S. The Hall–Kier alpha value is -2.02. The molecule has 7 heteroatoms. The standard InChI is InChI=1S/C14H10F3NO2S/c15-14(16,17)11-7-4-8-12(9-11)21-13(18(19)20)10-5-2-1-3-6-10/h1-9,13H. The summed E-state index contributed by atoms with van der Waals surface area (Å²) in [7, 11) is 0. The van der Waals surface area contributed by atoms with E-state index >= 15 is 0 Å². The molecule has 1 unspecified atom stereocenters. The Morgan fingerprint density at radius 3 is 2.29 bits per heavy atom. The van der Waals surface area contributed by atoms with Crippen LogP contribution < -0.4 is 0 Å². The van der Waals surface area contributed by atoms with E-state index in [9.17, 15) is 23.3 Å². The summed E-state index contributed by atoms with van der Waals surface area (Å²) < 4.78 is 37.9. The molecule has 0 saturated heterocycles. The molecule has 2 rings (SSSR count). The molecule has 2 aromatic rings. The van der Waals surface area contributed by atoms with E-state index in [1.165, 1.54) is 12.1 Å². The normalized spacial score (nSPS) is 12.9. The van der Waals surface area contributed by atoms with Crippen molar-refractivity contribution >= 4 is 11.8 Å². The molecule has 0 bridgehead atoms. The highest BCUT2D eigenvalue weighted by Crippen LogP contribution is 2.38. The highest BCUT2D eigenvalue weighted by atomic mass is 32.2. The summed E-state index contributed by atoms with van der Waals surface area (Å²) in [6.07, 6.45) is -4.46. The van der Waals surface area contributed by atoms with Gasteiger partial charge >= 0.3 is 6.18 Å². The molecule has 0 amide bonds. The van der Waals surface area contributed by atoms with E-state index in [-0.39, 0.29) is 4.90 Å². The molecule has 1 atom stereocenters. The minimum Gasteiger partial charge on any atom is -0.263 e. The van der Waals surface area contributed by atoms with E-state index in [1.54, 1.807) is 30.3 Å². The van der Waals surface area contributed by atoms with E-state index in [1.807, 2.05) is 0 Å². The van der Waals surface area contributed by atoms with Gasteiger partial charge in [0.2, 0.25) is 0 Å². The maximum absolute atomic E-state index is 12.6. The molecule has 0 aliphatic heterocycles. The van der Waals surface area contributed by atoms with Crippen LogP contribution in [0.3, 0.4) is 0 Å². The molecule has 0 spiro atoms. The number of nitrogens with zero attached hydrogens (tertiary/aromatic N) is 1. The minimum atomic E-state index is -4.46. The average molecular weight is 313 g/mol. The van der Waals surface area contributed by atoms with Gasteiger partial charge in [0.1, 0.15) is 0 Å². The zero-order valence-electron chi connectivity index (χ0n) is 10.6. The fraction of sp³-hybridized carbons (Fsp3) is 0.143. The third kappa shape index (κ3) is 3.98. The number of halogens is 3. The van der Waals surface area contributed by atoms with Gasteiger partial charge in [-0.2, -0.15) is 13.2 Å². The van der Waals surface area contributed by atoms with Crippen LogP contribution in [0, 0.1) is 10.1 Å². The van der Waals surface area contributed by atoms with Crippen molar-refractivity contribution in [3.8, 4) is 0 Å². The van der Waals surface area contributed by atoms with E-state index in [4.69, 9.17) is 0 Å². The second-order valence-corrected chi connectivity index (χ2v) is 5.35. The van der Waals surface area contributed by atoms with Crippen LogP contribution >= 0.6 is 11.8 Å². The molecule has 0 aromatic heterocycles. The minimum absolute atomic E-state index is 0.204. The molecule has 0 radical (unpaired) electrons. The van der Waals surface area contributed by atoms with Crippen LogP contribution in [0.2, 0.25) is 0 Å². The first-order chi connectivity index (χ1) is 9.88. The number of hydrogen-bond donors (Lipinski definition) is 0. The molecule has 2 aromatic carbocycles. The molecule has 0 heterocycles. The highest BCUT2D eigenvalue weighted by Gasteiger charge is 2.31. The lowest BCUT2D eigenvalue weighted by Crippen LogP contribution is -2.07. The lowest BCUT2D eigenvalue weighted by Gasteiger charge is -2.11. The zero-order valence-corrected chi connectivity index (χ0v) is 11.4. The quantitative estimate of drug-likeness (QED) is 0.353. The van der Waals surface area contributed by atoms with Crippen molar-refractivity contribution in [1.82, 2.24) is 0 Å². The molecular weight excluding hydrogens is 303 g/mol. The van der Waals surface area contributed by atoms with Crippen molar-refractivity contribution in [2.24, 2.45) is 0 Å². The third-order valence-electron chi connectivity index (χ3n) is 2.69. The summed E-state index contributed by atoms with van der Waals surface area (Å²) in [5.41, 5.74) is -0.382. The van der Waals surface area contributed by atoms with Crippen LogP contribution in [0.4, 0.5) is 13.2 Å². The average Bonchev–Trinajstić information content (AvgIpc) is 2.45. The van der Waals surface area contributed by atoms with E-state index < -0.39 is 22.0 Å². The smallest absolute Gasteiger partial charge is 0.263 e. The molecule has 110 valence electrons. The van der Waals surface area contributed by atoms with Gasteiger partial charge in [0, 0.05) is 15.4 Å². The second-order valence-electron chi connectivity index (χ2n) is 4.19. The van der Waals surface area contributed by atoms with Crippen LogP contribution in [0.1, 0.15) is 16.5 Å². The SMILES string of the molecule is O=[N+]([O-])C(Sc1cccc(C(F)(F)F)c1)c1ccccc1. The summed E-state index contributed by atoms with van der Waals surface area (Å²) >= 11 is 0.781. The molecule has 0 aliphatic carbocycles. The predicted octanol–water partition coefficient (Wildman–Crippen LogP) is 4.77. The Balaban J connectivity index is 2.28. The maximum Gasteiger partial charge on any atom is 0.416 e. The number of thioether (sulfide) groups is 1. The van der Waals surface area contributed by atoms with Gasteiger partial charge in [0.25, 0.3) is 5.37 Å². The number of hydrogen-bond acceptors (Lipinski definition) is 3. The van der Waals surface area contributed by atoms with Gasteiger partial charge in [-0.3, -0.25) is 10.1 Å².